The van der Waals surface area contributed by atoms with Gasteiger partial charge in [0.1, 0.15) is 16.4 Å². The van der Waals surface area contributed by atoms with Crippen molar-refractivity contribution in [1.82, 2.24) is 4.98 Å². The molecule has 1 aliphatic rings. The van der Waals surface area contributed by atoms with Gasteiger partial charge in [0.15, 0.2) is 16.6 Å². The normalized spacial score (nSPS) is 16.2. The van der Waals surface area contributed by atoms with Gasteiger partial charge in [0, 0.05) is 5.56 Å². The Kier molecular flexibility index (Phi) is 9.28. The number of unbranched alkanes of at least 4 members (excludes halogenated alkanes) is 1. The van der Waals surface area contributed by atoms with Gasteiger partial charge in [-0.2, -0.15) is 0 Å². The van der Waals surface area contributed by atoms with Gasteiger partial charge < -0.3 is 24.4 Å². The van der Waals surface area contributed by atoms with E-state index in [1.54, 1.807) is 45.0 Å². The molecule has 2 N–H and O–H groups in total. The fraction of sp³-hybridized carbons (Fsp3) is 0.333. The Morgan fingerprint density at radius 1 is 1.07 bits per heavy atom. The fourth-order valence-electron chi connectivity index (χ4n) is 4.41. The number of amides is 1. The molecule has 1 atom stereocenters. The number of ether oxygens (including phenoxy) is 3. The Labute approximate surface area is 241 Å². The minimum Gasteiger partial charge on any atom is -0.507 e. The predicted octanol–water partition coefficient (Wildman–Crippen LogP) is 5.54. The Balaban J connectivity index is 1.89. The molecule has 1 saturated heterocycles. The molecule has 11 heteroatoms. The molecule has 0 spiro atoms. The Morgan fingerprint density at radius 2 is 1.85 bits per heavy atom. The maximum absolute atomic E-state index is 13.6. The van der Waals surface area contributed by atoms with Gasteiger partial charge in [0.05, 0.1) is 37.1 Å². The number of aliphatic hydroxyl groups excluding tert-OH is 1. The number of aliphatic hydroxyl groups is 1. The topological polar surface area (TPSA) is 135 Å². The van der Waals surface area contributed by atoms with E-state index in [-0.39, 0.29) is 45.9 Å². The van der Waals surface area contributed by atoms with Crippen LogP contribution in [0.3, 0.4) is 0 Å². The van der Waals surface area contributed by atoms with Gasteiger partial charge in [-0.15, -0.1) is 0 Å². The summed E-state index contributed by atoms with van der Waals surface area (Å²) in [5, 5.41) is 21.9. The number of phenolic OH excluding ortho intramolecular Hbond substituents is 1. The minimum atomic E-state index is -1.14. The summed E-state index contributed by atoms with van der Waals surface area (Å²) in [6.07, 6.45) is 1.80. The van der Waals surface area contributed by atoms with Gasteiger partial charge >= 0.3 is 11.9 Å². The van der Waals surface area contributed by atoms with E-state index in [9.17, 15) is 24.6 Å². The molecule has 0 saturated carbocycles. The number of hydrogen-bond donors (Lipinski definition) is 2. The van der Waals surface area contributed by atoms with Crippen molar-refractivity contribution in [2.45, 2.75) is 46.6 Å². The van der Waals surface area contributed by atoms with Crippen LogP contribution in [0.15, 0.2) is 48.0 Å². The molecule has 0 aliphatic carbocycles. The number of aromatic nitrogens is 1. The highest BCUT2D eigenvalue weighted by Crippen LogP contribution is 2.45. The van der Waals surface area contributed by atoms with Gasteiger partial charge in [0.2, 0.25) is 0 Å². The van der Waals surface area contributed by atoms with Crippen LogP contribution >= 0.6 is 11.3 Å². The molecule has 41 heavy (non-hydrogen) atoms. The molecule has 4 rings (SSSR count). The molecule has 0 bridgehead atoms. The van der Waals surface area contributed by atoms with Crippen molar-refractivity contribution in [3.05, 3.63) is 69.7 Å². The van der Waals surface area contributed by atoms with Crippen LogP contribution in [0.1, 0.15) is 66.1 Å². The van der Waals surface area contributed by atoms with Crippen molar-refractivity contribution < 1.29 is 38.8 Å². The lowest BCUT2D eigenvalue weighted by molar-refractivity contribution is -0.132. The number of Topliss-reactive ketones (excluding diaryl/α,β-unsaturated/α-hetero) is 1. The average Bonchev–Trinajstić information content (AvgIpc) is 3.46. The Bertz CT molecular complexity index is 1500. The van der Waals surface area contributed by atoms with Crippen molar-refractivity contribution in [3.63, 3.8) is 0 Å². The number of phenols is 1. The number of nitrogens with zero attached hydrogens (tertiary/aromatic N) is 2. The second kappa shape index (κ2) is 12.9. The van der Waals surface area contributed by atoms with Crippen molar-refractivity contribution in [2.24, 2.45) is 0 Å². The molecule has 1 fully saturated rings. The molecular formula is C30H32N2O8S. The highest BCUT2D eigenvalue weighted by molar-refractivity contribution is 7.17. The lowest BCUT2D eigenvalue weighted by Crippen LogP contribution is -2.29. The van der Waals surface area contributed by atoms with E-state index in [4.69, 9.17) is 14.2 Å². The van der Waals surface area contributed by atoms with Crippen LogP contribution in [-0.2, 0) is 14.3 Å². The smallest absolute Gasteiger partial charge is 0.350 e. The first-order valence-corrected chi connectivity index (χ1v) is 14.2. The van der Waals surface area contributed by atoms with E-state index < -0.39 is 29.5 Å². The molecule has 1 aliphatic heterocycles. The summed E-state index contributed by atoms with van der Waals surface area (Å²) in [6.45, 7) is 7.99. The van der Waals surface area contributed by atoms with Crippen LogP contribution in [0.2, 0.25) is 0 Å². The first kappa shape index (κ1) is 29.6. The van der Waals surface area contributed by atoms with Crippen LogP contribution in [-0.4, -0.2) is 52.7 Å². The Morgan fingerprint density at radius 3 is 2.56 bits per heavy atom. The van der Waals surface area contributed by atoms with E-state index in [0.29, 0.717) is 23.6 Å². The predicted molar refractivity (Wildman–Crippen MR) is 154 cm³/mol. The van der Waals surface area contributed by atoms with Gasteiger partial charge in [-0.05, 0) is 57.0 Å². The standard InChI is InChI=1S/C30H32N2O8S/c1-5-8-14-40-20-11-9-10-19(15-20)25(34)23-24(18-12-13-21(33)22(16-18)38-6-2)32(28(36)26(23)35)30-31-17(4)27(41-30)29(37)39-7-3/h9-13,15-16,24,33-34H,5-8,14H2,1-4H3. The van der Waals surface area contributed by atoms with Gasteiger partial charge in [-0.1, -0.05) is 42.9 Å². The summed E-state index contributed by atoms with van der Waals surface area (Å²) in [5.74, 6) is -2.33. The lowest BCUT2D eigenvalue weighted by Gasteiger charge is -2.23. The van der Waals surface area contributed by atoms with E-state index in [0.717, 1.165) is 29.1 Å². The third kappa shape index (κ3) is 6.04. The second-order valence-electron chi connectivity index (χ2n) is 9.19. The lowest BCUT2D eigenvalue weighted by atomic mass is 9.95. The maximum atomic E-state index is 13.6. The molecule has 0 radical (unpaired) electrons. The number of carbonyl (C=O) groups excluding carboxylic acids is 3. The average molecular weight is 581 g/mol. The van der Waals surface area contributed by atoms with Crippen molar-refractivity contribution in [2.75, 3.05) is 24.7 Å². The Hall–Kier alpha value is -4.38. The van der Waals surface area contributed by atoms with Gasteiger partial charge in [0.25, 0.3) is 5.78 Å². The monoisotopic (exact) mass is 580 g/mol. The van der Waals surface area contributed by atoms with Crippen LogP contribution in [0.4, 0.5) is 5.13 Å². The highest BCUT2D eigenvalue weighted by atomic mass is 32.1. The van der Waals surface area contributed by atoms with Crippen molar-refractivity contribution in [1.29, 1.82) is 0 Å². The van der Waals surface area contributed by atoms with E-state index in [2.05, 4.69) is 4.98 Å². The van der Waals surface area contributed by atoms with Gasteiger partial charge in [-0.25, -0.2) is 9.78 Å². The van der Waals surface area contributed by atoms with Crippen LogP contribution in [0.5, 0.6) is 17.2 Å². The van der Waals surface area contributed by atoms with Crippen molar-refractivity contribution >= 4 is 39.9 Å². The molecule has 216 valence electrons. The largest absolute Gasteiger partial charge is 0.507 e. The van der Waals surface area contributed by atoms with Gasteiger partial charge in [-0.3, -0.25) is 14.5 Å². The number of ketones is 1. The molecule has 3 aromatic rings. The van der Waals surface area contributed by atoms with Crippen molar-refractivity contribution in [3.8, 4) is 17.2 Å². The number of rotatable bonds is 11. The van der Waals surface area contributed by atoms with E-state index in [1.807, 2.05) is 6.92 Å². The molecule has 10 nitrogen and oxygen atoms in total. The van der Waals surface area contributed by atoms with Crippen LogP contribution in [0, 0.1) is 6.92 Å². The zero-order valence-electron chi connectivity index (χ0n) is 23.3. The first-order valence-electron chi connectivity index (χ1n) is 13.4. The number of aryl methyl sites for hydroxylation is 1. The minimum absolute atomic E-state index is 0.0828. The number of aromatic hydroxyl groups is 1. The van der Waals surface area contributed by atoms with E-state index >= 15 is 0 Å². The number of anilines is 1. The maximum Gasteiger partial charge on any atom is 0.350 e. The fourth-order valence-corrected chi connectivity index (χ4v) is 5.40. The summed E-state index contributed by atoms with van der Waals surface area (Å²) < 4.78 is 16.4. The third-order valence-electron chi connectivity index (χ3n) is 6.37. The van der Waals surface area contributed by atoms with E-state index in [1.165, 1.54) is 18.2 Å². The molecular weight excluding hydrogens is 548 g/mol. The summed E-state index contributed by atoms with van der Waals surface area (Å²) in [7, 11) is 0. The van der Waals surface area contributed by atoms with Crippen LogP contribution < -0.4 is 14.4 Å². The zero-order valence-corrected chi connectivity index (χ0v) is 24.1. The SMILES string of the molecule is CCCCOc1cccc(C(O)=C2C(=O)C(=O)N(c3nc(C)c(C(=O)OCC)s3)C2c2ccc(O)c(OCC)c2)c1. The second-order valence-corrected chi connectivity index (χ2v) is 10.2. The molecule has 2 aromatic carbocycles. The zero-order chi connectivity index (χ0) is 29.7. The number of thiazole rings is 1. The number of carbonyl (C=O) groups is 3. The summed E-state index contributed by atoms with van der Waals surface area (Å²) >= 11 is 0.912. The van der Waals surface area contributed by atoms with Crippen LogP contribution in [0.25, 0.3) is 5.76 Å². The highest BCUT2D eigenvalue weighted by Gasteiger charge is 2.48. The molecule has 2 heterocycles. The molecule has 1 amide bonds. The first-order chi connectivity index (χ1) is 19.7. The summed E-state index contributed by atoms with van der Waals surface area (Å²) in [5.41, 5.74) is 0.822. The third-order valence-corrected chi connectivity index (χ3v) is 7.51. The molecule has 1 aromatic heterocycles. The number of benzene rings is 2. The summed E-state index contributed by atoms with van der Waals surface area (Å²) in [6, 6.07) is 9.93. The number of esters is 1. The number of hydrogen-bond acceptors (Lipinski definition) is 10. The summed E-state index contributed by atoms with van der Waals surface area (Å²) in [4.78, 5) is 45.4. The quantitative estimate of drug-likeness (QED) is 0.0985. The molecule has 1 unspecified atom stereocenters.